The van der Waals surface area contributed by atoms with Gasteiger partial charge in [-0.25, -0.2) is 4.39 Å². The van der Waals surface area contributed by atoms with Crippen LogP contribution in [0.5, 0.6) is 0 Å². The average molecular weight is 409 g/mol. The highest BCUT2D eigenvalue weighted by Crippen LogP contribution is 2.34. The normalized spacial score (nSPS) is 14.6. The van der Waals surface area contributed by atoms with Crippen LogP contribution in [0.1, 0.15) is 18.4 Å². The number of piperidine rings is 1. The van der Waals surface area contributed by atoms with Crippen molar-refractivity contribution in [2.45, 2.75) is 12.8 Å². The van der Waals surface area contributed by atoms with E-state index >= 15 is 0 Å². The van der Waals surface area contributed by atoms with Crippen molar-refractivity contribution in [2.75, 3.05) is 23.3 Å². The van der Waals surface area contributed by atoms with Crippen molar-refractivity contribution >= 4 is 39.8 Å². The fourth-order valence-corrected chi connectivity index (χ4v) is 3.89. The summed E-state index contributed by atoms with van der Waals surface area (Å²) in [6, 6.07) is 13.4. The maximum absolute atomic E-state index is 13.0. The highest BCUT2D eigenvalue weighted by atomic mass is 35.5. The molecule has 0 unspecified atom stereocenters. The maximum Gasteiger partial charge on any atom is 0.227 e. The number of aromatic nitrogens is 1. The van der Waals surface area contributed by atoms with Crippen LogP contribution in [0.15, 0.2) is 48.7 Å². The first-order chi connectivity index (χ1) is 14.0. The number of carbonyl (C=O) groups is 1. The van der Waals surface area contributed by atoms with Crippen molar-refractivity contribution in [1.29, 1.82) is 5.26 Å². The van der Waals surface area contributed by atoms with Gasteiger partial charge in [0.1, 0.15) is 11.9 Å². The molecule has 1 saturated heterocycles. The topological polar surface area (TPSA) is 69.0 Å². The van der Waals surface area contributed by atoms with Crippen LogP contribution in [0.4, 0.5) is 15.8 Å². The lowest BCUT2D eigenvalue weighted by molar-refractivity contribution is -0.120. The molecule has 1 aromatic heterocycles. The number of fused-ring (bicyclic) bond motifs is 1. The molecule has 1 aliphatic heterocycles. The summed E-state index contributed by atoms with van der Waals surface area (Å²) < 4.78 is 13.0. The van der Waals surface area contributed by atoms with Crippen LogP contribution in [0, 0.1) is 23.1 Å². The number of halogens is 2. The van der Waals surface area contributed by atoms with Crippen molar-refractivity contribution < 1.29 is 9.18 Å². The molecule has 1 fully saturated rings. The molecular formula is C22H18ClFN4O. The van der Waals surface area contributed by atoms with Crippen LogP contribution >= 0.6 is 11.6 Å². The number of nitriles is 1. The van der Waals surface area contributed by atoms with Crippen LogP contribution in [0.3, 0.4) is 0 Å². The van der Waals surface area contributed by atoms with Gasteiger partial charge >= 0.3 is 0 Å². The lowest BCUT2D eigenvalue weighted by Gasteiger charge is -2.34. The summed E-state index contributed by atoms with van der Waals surface area (Å²) in [7, 11) is 0. The molecular weight excluding hydrogens is 391 g/mol. The highest BCUT2D eigenvalue weighted by molar-refractivity contribution is 6.31. The molecule has 7 heteroatoms. The number of hydrogen-bond donors (Lipinski definition) is 1. The second-order valence-corrected chi connectivity index (χ2v) is 7.49. The Morgan fingerprint density at radius 3 is 2.62 bits per heavy atom. The fraction of sp³-hybridized carbons (Fsp3) is 0.227. The van der Waals surface area contributed by atoms with E-state index < -0.39 is 0 Å². The zero-order valence-corrected chi connectivity index (χ0v) is 16.3. The Hall–Kier alpha value is -3.17. The summed E-state index contributed by atoms with van der Waals surface area (Å²) in [5.41, 5.74) is 2.67. The third kappa shape index (κ3) is 4.01. The Kier molecular flexibility index (Phi) is 5.32. The highest BCUT2D eigenvalue weighted by Gasteiger charge is 2.27. The van der Waals surface area contributed by atoms with Gasteiger partial charge in [0.05, 0.1) is 16.8 Å². The van der Waals surface area contributed by atoms with Crippen molar-refractivity contribution in [3.8, 4) is 6.07 Å². The van der Waals surface area contributed by atoms with Crippen molar-refractivity contribution in [3.63, 3.8) is 0 Å². The predicted octanol–water partition coefficient (Wildman–Crippen LogP) is 4.75. The van der Waals surface area contributed by atoms with Crippen molar-refractivity contribution in [2.24, 2.45) is 5.92 Å². The second-order valence-electron chi connectivity index (χ2n) is 7.05. The molecule has 0 bridgehead atoms. The molecule has 146 valence electrons. The van der Waals surface area contributed by atoms with Gasteiger partial charge in [0, 0.05) is 41.3 Å². The van der Waals surface area contributed by atoms with E-state index in [0.717, 1.165) is 16.6 Å². The van der Waals surface area contributed by atoms with E-state index in [9.17, 15) is 14.4 Å². The Morgan fingerprint density at radius 1 is 1.21 bits per heavy atom. The first-order valence-corrected chi connectivity index (χ1v) is 9.72. The Morgan fingerprint density at radius 2 is 1.93 bits per heavy atom. The summed E-state index contributed by atoms with van der Waals surface area (Å²) in [6.07, 6.45) is 2.89. The SMILES string of the molecule is N#Cc1cnc2ccc(Cl)cc2c1N1CCC(C(=O)Nc2ccc(F)cc2)CC1. The van der Waals surface area contributed by atoms with E-state index in [-0.39, 0.29) is 17.6 Å². The molecule has 0 spiro atoms. The average Bonchev–Trinajstić information content (AvgIpc) is 2.74. The van der Waals surface area contributed by atoms with Crippen LogP contribution < -0.4 is 10.2 Å². The number of anilines is 2. The monoisotopic (exact) mass is 408 g/mol. The van der Waals surface area contributed by atoms with Crippen LogP contribution in [0.2, 0.25) is 5.02 Å². The first kappa shape index (κ1) is 19.2. The van der Waals surface area contributed by atoms with Gasteiger partial charge in [-0.3, -0.25) is 9.78 Å². The molecule has 0 atom stereocenters. The van der Waals surface area contributed by atoms with E-state index in [0.29, 0.717) is 42.2 Å². The Bertz CT molecular complexity index is 1100. The molecule has 3 aromatic rings. The van der Waals surface area contributed by atoms with Crippen LogP contribution in [0.25, 0.3) is 10.9 Å². The van der Waals surface area contributed by atoms with Gasteiger partial charge in [-0.05, 0) is 55.3 Å². The van der Waals surface area contributed by atoms with E-state index in [1.807, 2.05) is 12.1 Å². The molecule has 5 nitrogen and oxygen atoms in total. The van der Waals surface area contributed by atoms with Gasteiger partial charge in [0.2, 0.25) is 5.91 Å². The third-order valence-corrected chi connectivity index (χ3v) is 5.45. The molecule has 1 N–H and O–H groups in total. The molecule has 4 rings (SSSR count). The number of rotatable bonds is 3. The molecule has 2 heterocycles. The minimum atomic E-state index is -0.339. The molecule has 0 aliphatic carbocycles. The lowest BCUT2D eigenvalue weighted by Crippen LogP contribution is -2.38. The predicted molar refractivity (Wildman–Crippen MR) is 111 cm³/mol. The van der Waals surface area contributed by atoms with Gasteiger partial charge in [0.15, 0.2) is 0 Å². The van der Waals surface area contributed by atoms with E-state index in [1.165, 1.54) is 12.1 Å². The zero-order chi connectivity index (χ0) is 20.4. The van der Waals surface area contributed by atoms with Gasteiger partial charge in [-0.1, -0.05) is 11.6 Å². The molecule has 1 aliphatic rings. The Balaban J connectivity index is 1.51. The maximum atomic E-state index is 13.0. The fourth-order valence-electron chi connectivity index (χ4n) is 3.72. The molecule has 0 radical (unpaired) electrons. The number of nitrogens with one attached hydrogen (secondary N) is 1. The number of carbonyl (C=O) groups excluding carboxylic acids is 1. The second kappa shape index (κ2) is 8.06. The quantitative estimate of drug-likeness (QED) is 0.678. The summed E-state index contributed by atoms with van der Waals surface area (Å²) >= 11 is 6.17. The summed E-state index contributed by atoms with van der Waals surface area (Å²) in [6.45, 7) is 1.28. The Labute approximate surface area is 172 Å². The van der Waals surface area contributed by atoms with E-state index in [2.05, 4.69) is 21.3 Å². The number of nitrogens with zero attached hydrogens (tertiary/aromatic N) is 3. The number of hydrogen-bond acceptors (Lipinski definition) is 4. The molecule has 2 aromatic carbocycles. The third-order valence-electron chi connectivity index (χ3n) is 5.22. The van der Waals surface area contributed by atoms with Crippen LogP contribution in [-0.2, 0) is 4.79 Å². The van der Waals surface area contributed by atoms with Gasteiger partial charge in [-0.2, -0.15) is 5.26 Å². The van der Waals surface area contributed by atoms with E-state index in [1.54, 1.807) is 24.4 Å². The minimum Gasteiger partial charge on any atom is -0.370 e. The summed E-state index contributed by atoms with van der Waals surface area (Å²) in [5, 5.41) is 13.8. The molecule has 1 amide bonds. The van der Waals surface area contributed by atoms with Gasteiger partial charge < -0.3 is 10.2 Å². The summed E-state index contributed by atoms with van der Waals surface area (Å²) in [4.78, 5) is 19.0. The number of benzene rings is 2. The standard InChI is InChI=1S/C22H18ClFN4O/c23-16-1-6-20-19(11-16)21(15(12-25)13-26-20)28-9-7-14(8-10-28)22(29)27-18-4-2-17(24)3-5-18/h1-6,11,13-14H,7-10H2,(H,27,29). The number of pyridine rings is 1. The summed E-state index contributed by atoms with van der Waals surface area (Å²) in [5.74, 6) is -0.549. The first-order valence-electron chi connectivity index (χ1n) is 9.35. The molecule has 0 saturated carbocycles. The largest absolute Gasteiger partial charge is 0.370 e. The number of amides is 1. The zero-order valence-electron chi connectivity index (χ0n) is 15.5. The molecule has 29 heavy (non-hydrogen) atoms. The van der Waals surface area contributed by atoms with Gasteiger partial charge in [-0.15, -0.1) is 0 Å². The smallest absolute Gasteiger partial charge is 0.227 e. The lowest BCUT2D eigenvalue weighted by atomic mass is 9.94. The van der Waals surface area contributed by atoms with Crippen molar-refractivity contribution in [3.05, 3.63) is 65.1 Å². The van der Waals surface area contributed by atoms with Gasteiger partial charge in [0.25, 0.3) is 0 Å². The van der Waals surface area contributed by atoms with Crippen molar-refractivity contribution in [1.82, 2.24) is 4.98 Å². The van der Waals surface area contributed by atoms with Crippen LogP contribution in [-0.4, -0.2) is 24.0 Å². The van der Waals surface area contributed by atoms with E-state index in [4.69, 9.17) is 11.6 Å². The minimum absolute atomic E-state index is 0.0700.